The molecule has 1 saturated heterocycles. The quantitative estimate of drug-likeness (QED) is 0.737. The molecule has 2 heterocycles. The molecule has 2 aliphatic rings. The van der Waals surface area contributed by atoms with E-state index in [0.29, 0.717) is 26.1 Å². The number of benzene rings is 2. The first-order chi connectivity index (χ1) is 15.2. The number of fused-ring (bicyclic) bond motifs is 1. The Labute approximate surface area is 182 Å². The minimum absolute atomic E-state index is 0.0502. The van der Waals surface area contributed by atoms with E-state index < -0.39 is 6.04 Å². The molecule has 0 bridgehead atoms. The molecule has 0 aromatic heterocycles. The molecule has 1 fully saturated rings. The number of hydrogen-bond donors (Lipinski definition) is 1. The van der Waals surface area contributed by atoms with Crippen LogP contribution in [0.25, 0.3) is 0 Å². The lowest BCUT2D eigenvalue weighted by atomic mass is 9.91. The molecule has 2 aromatic rings. The first-order valence-corrected chi connectivity index (χ1v) is 10.7. The minimum atomic E-state index is -0.639. The van der Waals surface area contributed by atoms with E-state index in [-0.39, 0.29) is 11.8 Å². The summed E-state index contributed by atoms with van der Waals surface area (Å²) < 4.78 is 10.6. The fraction of sp³-hybridized carbons (Fsp3) is 0.417. The first kappa shape index (κ1) is 21.3. The number of nitrogens with zero attached hydrogens (tertiary/aromatic N) is 2. The standard InChI is InChI=1S/C24H29N3O4/c1-30-13-12-27-22(28)16-19-4-2-3-5-21(19)23(27)24(29)25-17-18-6-8-20(9-7-18)26-10-14-31-15-11-26/h2-9,23H,10-17H2,1H3,(H,25,29). The van der Waals surface area contributed by atoms with Gasteiger partial charge in [0.1, 0.15) is 6.04 Å². The van der Waals surface area contributed by atoms with Gasteiger partial charge in [-0.3, -0.25) is 9.59 Å². The molecule has 2 aliphatic heterocycles. The van der Waals surface area contributed by atoms with Gasteiger partial charge in [-0.15, -0.1) is 0 Å². The lowest BCUT2D eigenvalue weighted by Gasteiger charge is -2.36. The summed E-state index contributed by atoms with van der Waals surface area (Å²) in [5, 5.41) is 3.03. The van der Waals surface area contributed by atoms with Gasteiger partial charge in [-0.1, -0.05) is 36.4 Å². The van der Waals surface area contributed by atoms with Gasteiger partial charge in [0.15, 0.2) is 0 Å². The number of amides is 2. The van der Waals surface area contributed by atoms with Crippen LogP contribution in [0.1, 0.15) is 22.7 Å². The molecule has 0 radical (unpaired) electrons. The highest BCUT2D eigenvalue weighted by molar-refractivity contribution is 5.92. The van der Waals surface area contributed by atoms with Crippen LogP contribution in [-0.4, -0.2) is 63.3 Å². The fourth-order valence-electron chi connectivity index (χ4n) is 4.20. The maximum Gasteiger partial charge on any atom is 0.247 e. The molecule has 7 nitrogen and oxygen atoms in total. The van der Waals surface area contributed by atoms with Crippen molar-refractivity contribution >= 4 is 17.5 Å². The van der Waals surface area contributed by atoms with E-state index in [1.807, 2.05) is 36.4 Å². The predicted molar refractivity (Wildman–Crippen MR) is 118 cm³/mol. The van der Waals surface area contributed by atoms with Crippen LogP contribution in [0.4, 0.5) is 5.69 Å². The fourth-order valence-corrected chi connectivity index (χ4v) is 4.20. The van der Waals surface area contributed by atoms with E-state index in [2.05, 4.69) is 22.3 Å². The molecule has 0 aliphatic carbocycles. The Morgan fingerprint density at radius 1 is 1.13 bits per heavy atom. The smallest absolute Gasteiger partial charge is 0.247 e. The molecule has 2 amide bonds. The lowest BCUT2D eigenvalue weighted by molar-refractivity contribution is -0.142. The molecular formula is C24H29N3O4. The summed E-state index contributed by atoms with van der Waals surface area (Å²) in [6.45, 7) is 4.47. The second-order valence-corrected chi connectivity index (χ2v) is 7.84. The number of rotatable bonds is 7. The maximum absolute atomic E-state index is 13.2. The summed E-state index contributed by atoms with van der Waals surface area (Å²) in [6.07, 6.45) is 0.312. The number of carbonyl (C=O) groups excluding carboxylic acids is 2. The van der Waals surface area contributed by atoms with Gasteiger partial charge in [0, 0.05) is 39.0 Å². The minimum Gasteiger partial charge on any atom is -0.383 e. The van der Waals surface area contributed by atoms with Gasteiger partial charge in [-0.25, -0.2) is 0 Å². The second-order valence-electron chi connectivity index (χ2n) is 7.84. The number of methoxy groups -OCH3 is 1. The van der Waals surface area contributed by atoms with Crippen molar-refractivity contribution in [2.24, 2.45) is 0 Å². The zero-order chi connectivity index (χ0) is 21.6. The molecule has 7 heteroatoms. The van der Waals surface area contributed by atoms with Gasteiger partial charge >= 0.3 is 0 Å². The normalized spacial score (nSPS) is 18.6. The maximum atomic E-state index is 13.2. The summed E-state index contributed by atoms with van der Waals surface area (Å²) >= 11 is 0. The zero-order valence-corrected chi connectivity index (χ0v) is 17.9. The molecule has 1 N–H and O–H groups in total. The summed E-state index contributed by atoms with van der Waals surface area (Å²) in [5.74, 6) is -0.223. The van der Waals surface area contributed by atoms with Gasteiger partial charge in [0.25, 0.3) is 0 Å². The van der Waals surface area contributed by atoms with Gasteiger partial charge < -0.3 is 24.6 Å². The average molecular weight is 424 g/mol. The molecule has 0 spiro atoms. The molecule has 2 aromatic carbocycles. The molecule has 1 atom stereocenters. The van der Waals surface area contributed by atoms with Crippen molar-refractivity contribution in [1.82, 2.24) is 10.2 Å². The Morgan fingerprint density at radius 2 is 1.87 bits per heavy atom. The zero-order valence-electron chi connectivity index (χ0n) is 17.9. The number of anilines is 1. The number of carbonyl (C=O) groups is 2. The first-order valence-electron chi connectivity index (χ1n) is 10.7. The third-order valence-electron chi connectivity index (χ3n) is 5.89. The van der Waals surface area contributed by atoms with Gasteiger partial charge in [0.2, 0.25) is 11.8 Å². The van der Waals surface area contributed by atoms with Crippen molar-refractivity contribution < 1.29 is 19.1 Å². The largest absolute Gasteiger partial charge is 0.383 e. The van der Waals surface area contributed by atoms with Gasteiger partial charge in [0.05, 0.1) is 26.2 Å². The van der Waals surface area contributed by atoms with Crippen LogP contribution in [0.5, 0.6) is 0 Å². The van der Waals surface area contributed by atoms with Crippen LogP contribution in [0.15, 0.2) is 48.5 Å². The third-order valence-corrected chi connectivity index (χ3v) is 5.89. The van der Waals surface area contributed by atoms with Crippen LogP contribution in [0.2, 0.25) is 0 Å². The van der Waals surface area contributed by atoms with Crippen molar-refractivity contribution in [2.75, 3.05) is 51.5 Å². The average Bonchev–Trinajstić information content (AvgIpc) is 2.82. The molecular weight excluding hydrogens is 394 g/mol. The Bertz CT molecular complexity index is 909. The van der Waals surface area contributed by atoms with E-state index in [0.717, 1.165) is 48.7 Å². The second kappa shape index (κ2) is 9.94. The summed E-state index contributed by atoms with van der Waals surface area (Å²) in [6, 6.07) is 15.3. The highest BCUT2D eigenvalue weighted by Gasteiger charge is 2.36. The molecule has 0 saturated carbocycles. The molecule has 164 valence electrons. The van der Waals surface area contributed by atoms with E-state index in [1.165, 1.54) is 0 Å². The van der Waals surface area contributed by atoms with E-state index in [1.54, 1.807) is 12.0 Å². The van der Waals surface area contributed by atoms with Crippen molar-refractivity contribution in [1.29, 1.82) is 0 Å². The van der Waals surface area contributed by atoms with Crippen LogP contribution < -0.4 is 10.2 Å². The van der Waals surface area contributed by atoms with Crippen molar-refractivity contribution in [2.45, 2.75) is 19.0 Å². The predicted octanol–water partition coefficient (Wildman–Crippen LogP) is 1.91. The Kier molecular flexibility index (Phi) is 6.84. The topological polar surface area (TPSA) is 71.1 Å². The van der Waals surface area contributed by atoms with Crippen molar-refractivity contribution in [3.8, 4) is 0 Å². The Hall–Kier alpha value is -2.90. The summed E-state index contributed by atoms with van der Waals surface area (Å²) in [5.41, 5.74) is 3.98. The highest BCUT2D eigenvalue weighted by atomic mass is 16.5. The van der Waals surface area contributed by atoms with Crippen molar-refractivity contribution in [3.05, 3.63) is 65.2 Å². The number of morpholine rings is 1. The lowest BCUT2D eigenvalue weighted by Crippen LogP contribution is -2.48. The van der Waals surface area contributed by atoms with E-state index >= 15 is 0 Å². The monoisotopic (exact) mass is 423 g/mol. The number of nitrogens with one attached hydrogen (secondary N) is 1. The van der Waals surface area contributed by atoms with Crippen LogP contribution in [0, 0.1) is 0 Å². The summed E-state index contributed by atoms with van der Waals surface area (Å²) in [7, 11) is 1.60. The third kappa shape index (κ3) is 4.89. The Morgan fingerprint density at radius 3 is 2.61 bits per heavy atom. The van der Waals surface area contributed by atoms with Crippen LogP contribution >= 0.6 is 0 Å². The highest BCUT2D eigenvalue weighted by Crippen LogP contribution is 2.30. The SMILES string of the molecule is COCCN1C(=O)Cc2ccccc2C1C(=O)NCc1ccc(N2CCOCC2)cc1. The van der Waals surface area contributed by atoms with Crippen LogP contribution in [0.3, 0.4) is 0 Å². The Balaban J connectivity index is 1.45. The van der Waals surface area contributed by atoms with E-state index in [4.69, 9.17) is 9.47 Å². The van der Waals surface area contributed by atoms with Gasteiger partial charge in [-0.05, 0) is 28.8 Å². The van der Waals surface area contributed by atoms with Gasteiger partial charge in [-0.2, -0.15) is 0 Å². The molecule has 1 unspecified atom stereocenters. The molecule has 31 heavy (non-hydrogen) atoms. The number of ether oxygens (including phenoxy) is 2. The summed E-state index contributed by atoms with van der Waals surface area (Å²) in [4.78, 5) is 29.8. The van der Waals surface area contributed by atoms with Crippen molar-refractivity contribution in [3.63, 3.8) is 0 Å². The van der Waals surface area contributed by atoms with Crippen LogP contribution in [-0.2, 0) is 32.0 Å². The van der Waals surface area contributed by atoms with E-state index in [9.17, 15) is 9.59 Å². The number of hydrogen-bond acceptors (Lipinski definition) is 5. The molecule has 4 rings (SSSR count).